The number of nitrogens with zero attached hydrogens (tertiary/aromatic N) is 2. The molecule has 3 amide bonds. The van der Waals surface area contributed by atoms with Crippen LogP contribution in [0.25, 0.3) is 0 Å². The molecule has 1 aliphatic heterocycles. The number of aryl methyl sites for hydroxylation is 1. The number of benzene rings is 1. The van der Waals surface area contributed by atoms with E-state index in [-0.39, 0.29) is 11.9 Å². The molecule has 0 saturated carbocycles. The van der Waals surface area contributed by atoms with Gasteiger partial charge in [-0.1, -0.05) is 12.1 Å². The molecule has 1 heterocycles. The Bertz CT molecular complexity index is 522. The van der Waals surface area contributed by atoms with E-state index in [4.69, 9.17) is 4.74 Å². The van der Waals surface area contributed by atoms with Gasteiger partial charge in [-0.25, -0.2) is 4.79 Å². The molecule has 0 spiro atoms. The molecule has 0 unspecified atom stereocenters. The van der Waals surface area contributed by atoms with Crippen molar-refractivity contribution < 1.29 is 14.3 Å². The Hall–Kier alpha value is -2.24. The molecule has 1 N–H and O–H groups in total. The van der Waals surface area contributed by atoms with Gasteiger partial charge in [0.15, 0.2) is 0 Å². The summed E-state index contributed by atoms with van der Waals surface area (Å²) in [6, 6.07) is 7.74. The van der Waals surface area contributed by atoms with Crippen LogP contribution in [0.3, 0.4) is 0 Å². The molecule has 1 fully saturated rings. The van der Waals surface area contributed by atoms with Crippen molar-refractivity contribution >= 4 is 11.9 Å². The van der Waals surface area contributed by atoms with E-state index >= 15 is 0 Å². The fourth-order valence-electron chi connectivity index (χ4n) is 2.62. The zero-order valence-electron chi connectivity index (χ0n) is 13.9. The van der Waals surface area contributed by atoms with Gasteiger partial charge >= 0.3 is 6.03 Å². The maximum atomic E-state index is 12.3. The maximum Gasteiger partial charge on any atom is 0.317 e. The smallest absolute Gasteiger partial charge is 0.317 e. The molecular formula is C17H25N3O3. The number of amides is 3. The maximum absolute atomic E-state index is 12.3. The van der Waals surface area contributed by atoms with Crippen LogP contribution >= 0.6 is 0 Å². The first-order valence-electron chi connectivity index (χ1n) is 8.07. The standard InChI is InChI=1S/C17H25N3O3/c1-3-18-17(22)20-12-10-19(11-13-20)16(21)9-6-14-4-7-15(23-2)8-5-14/h4-5,7-8H,3,6,9-13H2,1-2H3,(H,18,22). The van der Waals surface area contributed by atoms with Crippen LogP contribution in [0.5, 0.6) is 5.75 Å². The molecule has 2 rings (SSSR count). The highest BCUT2D eigenvalue weighted by atomic mass is 16.5. The number of hydrogen-bond acceptors (Lipinski definition) is 3. The van der Waals surface area contributed by atoms with Gasteiger partial charge in [0.2, 0.25) is 5.91 Å². The number of carbonyl (C=O) groups is 2. The number of hydrogen-bond donors (Lipinski definition) is 1. The summed E-state index contributed by atoms with van der Waals surface area (Å²) < 4.78 is 5.12. The first kappa shape index (κ1) is 17.1. The third-order valence-corrected chi connectivity index (χ3v) is 4.03. The molecule has 0 aliphatic carbocycles. The number of nitrogens with one attached hydrogen (secondary N) is 1. The van der Waals surface area contributed by atoms with Crippen molar-refractivity contribution in [3.63, 3.8) is 0 Å². The van der Waals surface area contributed by atoms with Gasteiger partial charge < -0.3 is 19.9 Å². The van der Waals surface area contributed by atoms with E-state index in [9.17, 15) is 9.59 Å². The van der Waals surface area contributed by atoms with Crippen molar-refractivity contribution in [2.45, 2.75) is 19.8 Å². The van der Waals surface area contributed by atoms with Gasteiger partial charge in [0.05, 0.1) is 7.11 Å². The monoisotopic (exact) mass is 319 g/mol. The lowest BCUT2D eigenvalue weighted by Crippen LogP contribution is -2.53. The van der Waals surface area contributed by atoms with Crippen LogP contribution in [0.15, 0.2) is 24.3 Å². The summed E-state index contributed by atoms with van der Waals surface area (Å²) in [6.07, 6.45) is 1.22. The lowest BCUT2D eigenvalue weighted by Gasteiger charge is -2.34. The minimum absolute atomic E-state index is 0.0437. The Balaban J connectivity index is 1.75. The van der Waals surface area contributed by atoms with Crippen LogP contribution in [0.1, 0.15) is 18.9 Å². The summed E-state index contributed by atoms with van der Waals surface area (Å²) in [5, 5.41) is 2.79. The van der Waals surface area contributed by atoms with Crippen LogP contribution < -0.4 is 10.1 Å². The largest absolute Gasteiger partial charge is 0.497 e. The second-order valence-corrected chi connectivity index (χ2v) is 5.55. The number of carbonyl (C=O) groups excluding carboxylic acids is 2. The third kappa shape index (κ3) is 4.87. The first-order chi connectivity index (χ1) is 11.1. The number of ether oxygens (including phenoxy) is 1. The Morgan fingerprint density at radius 3 is 2.26 bits per heavy atom. The fourth-order valence-corrected chi connectivity index (χ4v) is 2.62. The zero-order chi connectivity index (χ0) is 16.7. The second kappa shape index (κ2) is 8.41. The Morgan fingerprint density at radius 1 is 1.09 bits per heavy atom. The summed E-state index contributed by atoms with van der Waals surface area (Å²) in [6.45, 7) is 4.94. The van der Waals surface area contributed by atoms with Gasteiger partial charge in [-0.05, 0) is 31.0 Å². The first-order valence-corrected chi connectivity index (χ1v) is 8.07. The molecule has 0 aromatic heterocycles. The summed E-state index contributed by atoms with van der Waals surface area (Å²) in [4.78, 5) is 27.6. The number of piperazine rings is 1. The quantitative estimate of drug-likeness (QED) is 0.895. The summed E-state index contributed by atoms with van der Waals surface area (Å²) in [5.41, 5.74) is 1.13. The lowest BCUT2D eigenvalue weighted by atomic mass is 10.1. The third-order valence-electron chi connectivity index (χ3n) is 4.03. The van der Waals surface area contributed by atoms with E-state index in [1.807, 2.05) is 36.1 Å². The predicted molar refractivity (Wildman–Crippen MR) is 88.5 cm³/mol. The van der Waals surface area contributed by atoms with Crippen molar-refractivity contribution in [1.29, 1.82) is 0 Å². The molecular weight excluding hydrogens is 294 g/mol. The van der Waals surface area contributed by atoms with E-state index in [1.54, 1.807) is 12.0 Å². The average Bonchev–Trinajstić information content (AvgIpc) is 2.60. The van der Waals surface area contributed by atoms with E-state index in [0.717, 1.165) is 17.7 Å². The zero-order valence-corrected chi connectivity index (χ0v) is 13.9. The van der Waals surface area contributed by atoms with Crippen molar-refractivity contribution in [2.75, 3.05) is 39.8 Å². The van der Waals surface area contributed by atoms with Gasteiger partial charge in [-0.15, -0.1) is 0 Å². The molecule has 0 radical (unpaired) electrons. The van der Waals surface area contributed by atoms with Crippen molar-refractivity contribution in [2.24, 2.45) is 0 Å². The molecule has 6 nitrogen and oxygen atoms in total. The Kier molecular flexibility index (Phi) is 6.26. The minimum atomic E-state index is -0.0437. The molecule has 1 aromatic rings. The molecule has 1 aliphatic rings. The van der Waals surface area contributed by atoms with Gasteiger partial charge in [-0.3, -0.25) is 4.79 Å². The average molecular weight is 319 g/mol. The summed E-state index contributed by atoms with van der Waals surface area (Å²) >= 11 is 0. The topological polar surface area (TPSA) is 61.9 Å². The van der Waals surface area contributed by atoms with Gasteiger partial charge in [0.25, 0.3) is 0 Å². The summed E-state index contributed by atoms with van der Waals surface area (Å²) in [5.74, 6) is 0.970. The fraction of sp³-hybridized carbons (Fsp3) is 0.529. The van der Waals surface area contributed by atoms with E-state index in [1.165, 1.54) is 0 Å². The molecule has 0 bridgehead atoms. The normalized spacial score (nSPS) is 14.5. The summed E-state index contributed by atoms with van der Waals surface area (Å²) in [7, 11) is 1.64. The van der Waals surface area contributed by atoms with Crippen molar-refractivity contribution in [3.8, 4) is 5.75 Å². The van der Waals surface area contributed by atoms with Crippen LogP contribution in [0.2, 0.25) is 0 Å². The second-order valence-electron chi connectivity index (χ2n) is 5.55. The number of rotatable bonds is 5. The van der Waals surface area contributed by atoms with Crippen LogP contribution in [0.4, 0.5) is 4.79 Å². The predicted octanol–water partition coefficient (Wildman–Crippen LogP) is 1.50. The van der Waals surface area contributed by atoms with Crippen LogP contribution in [-0.4, -0.2) is 61.6 Å². The molecule has 23 heavy (non-hydrogen) atoms. The van der Waals surface area contributed by atoms with Gasteiger partial charge in [0.1, 0.15) is 5.75 Å². The van der Waals surface area contributed by atoms with E-state index in [2.05, 4.69) is 5.32 Å². The Morgan fingerprint density at radius 2 is 1.70 bits per heavy atom. The van der Waals surface area contributed by atoms with Crippen molar-refractivity contribution in [1.82, 2.24) is 15.1 Å². The molecule has 126 valence electrons. The van der Waals surface area contributed by atoms with Gasteiger partial charge in [0, 0.05) is 39.1 Å². The van der Waals surface area contributed by atoms with Crippen LogP contribution in [-0.2, 0) is 11.2 Å². The highest BCUT2D eigenvalue weighted by Gasteiger charge is 2.23. The van der Waals surface area contributed by atoms with Crippen molar-refractivity contribution in [3.05, 3.63) is 29.8 Å². The highest BCUT2D eigenvalue weighted by molar-refractivity contribution is 5.78. The molecule has 1 aromatic carbocycles. The van der Waals surface area contributed by atoms with Gasteiger partial charge in [-0.2, -0.15) is 0 Å². The molecule has 1 saturated heterocycles. The lowest BCUT2D eigenvalue weighted by molar-refractivity contribution is -0.132. The number of urea groups is 1. The van der Waals surface area contributed by atoms with Crippen LogP contribution in [0, 0.1) is 0 Å². The minimum Gasteiger partial charge on any atom is -0.497 e. The molecule has 6 heteroatoms. The van der Waals surface area contributed by atoms with E-state index < -0.39 is 0 Å². The SMILES string of the molecule is CCNC(=O)N1CCN(C(=O)CCc2ccc(OC)cc2)CC1. The molecule has 0 atom stereocenters. The van der Waals surface area contributed by atoms with E-state index in [0.29, 0.717) is 39.1 Å². The highest BCUT2D eigenvalue weighted by Crippen LogP contribution is 2.13. The Labute approximate surface area is 137 Å². The number of methoxy groups -OCH3 is 1.